The van der Waals surface area contributed by atoms with Crippen LogP contribution in [0.25, 0.3) is 0 Å². The van der Waals surface area contributed by atoms with Gasteiger partial charge in [-0.25, -0.2) is 0 Å². The molecule has 76 valence electrons. The normalized spacial score (nSPS) is 13.8. The molecule has 0 radical (unpaired) electrons. The second-order valence-electron chi connectivity index (χ2n) is 2.53. The first-order valence-electron chi connectivity index (χ1n) is 3.75. The van der Waals surface area contributed by atoms with E-state index in [1.165, 1.54) is 0 Å². The van der Waals surface area contributed by atoms with Crippen molar-refractivity contribution in [2.75, 3.05) is 13.2 Å². The number of hydrogen-bond acceptors (Lipinski definition) is 3. The summed E-state index contributed by atoms with van der Waals surface area (Å²) in [6, 6.07) is 0.944. The Bertz CT molecular complexity index is 176. The molecule has 1 unspecified atom stereocenters. The largest absolute Gasteiger partial charge is 0.389 e. The van der Waals surface area contributed by atoms with Crippen LogP contribution in [0.1, 0.15) is 12.8 Å². The van der Waals surface area contributed by atoms with Crippen molar-refractivity contribution in [3.05, 3.63) is 0 Å². The Labute approximate surface area is 74.3 Å². The molecule has 13 heavy (non-hydrogen) atoms. The van der Waals surface area contributed by atoms with Crippen LogP contribution in [-0.4, -0.2) is 25.4 Å². The fourth-order valence-electron chi connectivity index (χ4n) is 0.622. The van der Waals surface area contributed by atoms with Crippen LogP contribution in [0, 0.1) is 11.3 Å². The van der Waals surface area contributed by atoms with Gasteiger partial charge in [0.1, 0.15) is 6.04 Å². The van der Waals surface area contributed by atoms with E-state index in [9.17, 15) is 13.2 Å². The monoisotopic (exact) mass is 196 g/mol. The summed E-state index contributed by atoms with van der Waals surface area (Å²) in [4.78, 5) is 0. The molecule has 1 atom stereocenters. The predicted octanol–water partition coefficient (Wildman–Crippen LogP) is 1.20. The van der Waals surface area contributed by atoms with Gasteiger partial charge in [-0.2, -0.15) is 18.4 Å². The maximum Gasteiger partial charge on any atom is 0.389 e. The number of nitrogens with zero attached hydrogens (tertiary/aromatic N) is 1. The molecule has 0 rings (SSSR count). The zero-order valence-electron chi connectivity index (χ0n) is 6.97. The summed E-state index contributed by atoms with van der Waals surface area (Å²) < 4.78 is 39.5. The van der Waals surface area contributed by atoms with Crippen molar-refractivity contribution in [3.8, 4) is 6.07 Å². The van der Waals surface area contributed by atoms with Crippen molar-refractivity contribution >= 4 is 0 Å². The molecule has 0 bridgehead atoms. The van der Waals surface area contributed by atoms with Crippen LogP contribution >= 0.6 is 0 Å². The van der Waals surface area contributed by atoms with Crippen molar-refractivity contribution in [1.82, 2.24) is 0 Å². The van der Waals surface area contributed by atoms with E-state index in [-0.39, 0.29) is 19.6 Å². The van der Waals surface area contributed by atoms with Crippen LogP contribution in [0.3, 0.4) is 0 Å². The van der Waals surface area contributed by atoms with Crippen LogP contribution in [0.2, 0.25) is 0 Å². The van der Waals surface area contributed by atoms with E-state index in [4.69, 9.17) is 15.7 Å². The lowest BCUT2D eigenvalue weighted by Gasteiger charge is -2.07. The highest BCUT2D eigenvalue weighted by Gasteiger charge is 2.25. The summed E-state index contributed by atoms with van der Waals surface area (Å²) in [6.45, 7) is -0.0384. The summed E-state index contributed by atoms with van der Waals surface area (Å²) >= 11 is 0. The van der Waals surface area contributed by atoms with Crippen molar-refractivity contribution in [2.45, 2.75) is 25.1 Å². The summed E-state index contributed by atoms with van der Waals surface area (Å²) in [5, 5.41) is 8.19. The van der Waals surface area contributed by atoms with Gasteiger partial charge < -0.3 is 10.5 Å². The number of rotatable bonds is 5. The van der Waals surface area contributed by atoms with Gasteiger partial charge in [-0.3, -0.25) is 0 Å². The van der Waals surface area contributed by atoms with Crippen LogP contribution in [0.15, 0.2) is 0 Å². The van der Waals surface area contributed by atoms with E-state index in [2.05, 4.69) is 0 Å². The van der Waals surface area contributed by atoms with Gasteiger partial charge in [-0.15, -0.1) is 0 Å². The lowest BCUT2D eigenvalue weighted by Crippen LogP contribution is -2.24. The highest BCUT2D eigenvalue weighted by molar-refractivity contribution is 4.85. The Kier molecular flexibility index (Phi) is 5.42. The number of halogens is 3. The fourth-order valence-corrected chi connectivity index (χ4v) is 0.622. The second-order valence-corrected chi connectivity index (χ2v) is 2.53. The molecule has 0 amide bonds. The Morgan fingerprint density at radius 1 is 1.46 bits per heavy atom. The number of alkyl halides is 3. The molecule has 0 aliphatic rings. The second kappa shape index (κ2) is 5.78. The highest BCUT2D eigenvalue weighted by atomic mass is 19.4. The third kappa shape index (κ3) is 9.11. The van der Waals surface area contributed by atoms with Gasteiger partial charge in [0.25, 0.3) is 0 Å². The summed E-state index contributed by atoms with van der Waals surface area (Å²) in [5.74, 6) is 0. The molecule has 0 heterocycles. The first kappa shape index (κ1) is 12.2. The smallest absolute Gasteiger partial charge is 0.379 e. The van der Waals surface area contributed by atoms with Crippen molar-refractivity contribution in [2.24, 2.45) is 5.73 Å². The van der Waals surface area contributed by atoms with Crippen LogP contribution in [-0.2, 0) is 4.74 Å². The van der Waals surface area contributed by atoms with Gasteiger partial charge in [0.2, 0.25) is 0 Å². The Morgan fingerprint density at radius 2 is 2.08 bits per heavy atom. The molecule has 0 saturated heterocycles. The van der Waals surface area contributed by atoms with Crippen LogP contribution in [0.5, 0.6) is 0 Å². The first-order chi connectivity index (χ1) is 5.95. The molecule has 0 aliphatic heterocycles. The number of ether oxygens (including phenoxy) is 1. The molecule has 2 N–H and O–H groups in total. The summed E-state index contributed by atoms with van der Waals surface area (Å²) in [5.41, 5.74) is 5.13. The summed E-state index contributed by atoms with van der Waals surface area (Å²) in [7, 11) is 0. The molecule has 3 nitrogen and oxygen atoms in total. The molecule has 0 saturated carbocycles. The molecule has 6 heteroatoms. The standard InChI is InChI=1S/C7H11F3N2O/c8-7(9,10)2-1-3-13-5-6(12)4-11/h6H,1-3,5,12H2. The molecule has 0 spiro atoms. The van der Waals surface area contributed by atoms with Gasteiger partial charge in [0.05, 0.1) is 12.7 Å². The van der Waals surface area contributed by atoms with Crippen molar-refractivity contribution in [3.63, 3.8) is 0 Å². The predicted molar refractivity (Wildman–Crippen MR) is 39.7 cm³/mol. The van der Waals surface area contributed by atoms with E-state index in [0.717, 1.165) is 0 Å². The highest BCUT2D eigenvalue weighted by Crippen LogP contribution is 2.20. The first-order valence-corrected chi connectivity index (χ1v) is 3.75. The number of nitrogens with two attached hydrogens (primary N) is 1. The SMILES string of the molecule is N#CC(N)COCCCC(F)(F)F. The maximum absolute atomic E-state index is 11.6. The Hall–Kier alpha value is -0.800. The minimum absolute atomic E-state index is 0.0190. The van der Waals surface area contributed by atoms with Crippen molar-refractivity contribution in [1.29, 1.82) is 5.26 Å². The Balaban J connectivity index is 3.24. The molecule has 0 aromatic carbocycles. The number of hydrogen-bond donors (Lipinski definition) is 1. The minimum Gasteiger partial charge on any atom is -0.379 e. The molecule has 0 fully saturated rings. The molecule has 0 aromatic heterocycles. The lowest BCUT2D eigenvalue weighted by molar-refractivity contribution is -0.137. The minimum atomic E-state index is -4.14. The van der Waals surface area contributed by atoms with Crippen LogP contribution < -0.4 is 5.73 Å². The van der Waals surface area contributed by atoms with Gasteiger partial charge in [-0.05, 0) is 6.42 Å². The average molecular weight is 196 g/mol. The van der Waals surface area contributed by atoms with Gasteiger partial charge in [-0.1, -0.05) is 0 Å². The summed E-state index contributed by atoms with van der Waals surface area (Å²) in [6.07, 6.45) is -5.10. The van der Waals surface area contributed by atoms with Gasteiger partial charge in [0.15, 0.2) is 0 Å². The molecular weight excluding hydrogens is 185 g/mol. The molecular formula is C7H11F3N2O. The zero-order valence-corrected chi connectivity index (χ0v) is 6.97. The lowest BCUT2D eigenvalue weighted by atomic mass is 10.3. The van der Waals surface area contributed by atoms with Gasteiger partial charge >= 0.3 is 6.18 Å². The maximum atomic E-state index is 11.6. The molecule has 0 aromatic rings. The van der Waals surface area contributed by atoms with Crippen molar-refractivity contribution < 1.29 is 17.9 Å². The van der Waals surface area contributed by atoms with E-state index in [0.29, 0.717) is 0 Å². The average Bonchev–Trinajstić information content (AvgIpc) is 2.01. The third-order valence-corrected chi connectivity index (χ3v) is 1.21. The van der Waals surface area contributed by atoms with E-state index < -0.39 is 18.6 Å². The third-order valence-electron chi connectivity index (χ3n) is 1.21. The quantitative estimate of drug-likeness (QED) is 0.672. The van der Waals surface area contributed by atoms with E-state index >= 15 is 0 Å². The number of nitriles is 1. The van der Waals surface area contributed by atoms with Crippen LogP contribution in [0.4, 0.5) is 13.2 Å². The fraction of sp³-hybridized carbons (Fsp3) is 0.857. The topological polar surface area (TPSA) is 59.0 Å². The van der Waals surface area contributed by atoms with E-state index in [1.807, 2.05) is 0 Å². The van der Waals surface area contributed by atoms with E-state index in [1.54, 1.807) is 6.07 Å². The Morgan fingerprint density at radius 3 is 2.54 bits per heavy atom. The van der Waals surface area contributed by atoms with Gasteiger partial charge in [0, 0.05) is 13.0 Å². The zero-order chi connectivity index (χ0) is 10.3. The molecule has 0 aliphatic carbocycles.